The van der Waals surface area contributed by atoms with E-state index < -0.39 is 17.6 Å². The number of benzene rings is 1. The first-order chi connectivity index (χ1) is 11.0. The molecule has 2 fully saturated rings. The minimum absolute atomic E-state index is 0.0850. The van der Waals surface area contributed by atoms with Crippen LogP contribution in [0.1, 0.15) is 24.4 Å². The Balaban J connectivity index is 1.66. The van der Waals surface area contributed by atoms with Crippen LogP contribution in [0, 0.1) is 0 Å². The number of carboxylic acid groups (broad SMARTS) is 1. The molecule has 2 saturated heterocycles. The SMILES string of the molecule is O=C(NC1(C(=O)O)CCSC1)C1CC(c2ccccc2Cl)NN1. The fourth-order valence-electron chi connectivity index (χ4n) is 2.90. The van der Waals surface area contributed by atoms with Crippen molar-refractivity contribution < 1.29 is 14.7 Å². The zero-order valence-electron chi connectivity index (χ0n) is 12.3. The van der Waals surface area contributed by atoms with Gasteiger partial charge in [0.05, 0.1) is 0 Å². The molecule has 0 bridgehead atoms. The van der Waals surface area contributed by atoms with E-state index in [0.717, 1.165) is 11.3 Å². The third kappa shape index (κ3) is 3.33. The summed E-state index contributed by atoms with van der Waals surface area (Å²) in [5.41, 5.74) is 5.78. The average Bonchev–Trinajstić information content (AvgIpc) is 3.17. The minimum Gasteiger partial charge on any atom is -0.479 e. The van der Waals surface area contributed by atoms with Crippen LogP contribution in [0.15, 0.2) is 24.3 Å². The van der Waals surface area contributed by atoms with Gasteiger partial charge in [0, 0.05) is 16.8 Å². The zero-order chi connectivity index (χ0) is 16.4. The molecule has 3 rings (SSSR count). The Labute approximate surface area is 143 Å². The lowest BCUT2D eigenvalue weighted by atomic mass is 9.97. The molecule has 8 heteroatoms. The smallest absolute Gasteiger partial charge is 0.330 e. The van der Waals surface area contributed by atoms with E-state index in [1.807, 2.05) is 18.2 Å². The van der Waals surface area contributed by atoms with E-state index in [0.29, 0.717) is 23.6 Å². The number of hydrogen-bond acceptors (Lipinski definition) is 5. The minimum atomic E-state index is -1.15. The van der Waals surface area contributed by atoms with Gasteiger partial charge in [-0.05, 0) is 30.2 Å². The van der Waals surface area contributed by atoms with Crippen LogP contribution in [0.3, 0.4) is 0 Å². The van der Waals surface area contributed by atoms with E-state index in [-0.39, 0.29) is 11.9 Å². The van der Waals surface area contributed by atoms with E-state index in [9.17, 15) is 14.7 Å². The Morgan fingerprint density at radius 2 is 2.13 bits per heavy atom. The lowest BCUT2D eigenvalue weighted by Crippen LogP contribution is -2.58. The molecule has 0 spiro atoms. The number of carbonyl (C=O) groups excluding carboxylic acids is 1. The van der Waals surface area contributed by atoms with Crippen molar-refractivity contribution in [1.29, 1.82) is 0 Å². The molecule has 23 heavy (non-hydrogen) atoms. The molecule has 1 aromatic rings. The summed E-state index contributed by atoms with van der Waals surface area (Å²) in [7, 11) is 0. The number of hydrazine groups is 1. The summed E-state index contributed by atoms with van der Waals surface area (Å²) in [6, 6.07) is 6.89. The second-order valence-electron chi connectivity index (χ2n) is 5.83. The molecule has 2 aliphatic rings. The van der Waals surface area contributed by atoms with E-state index >= 15 is 0 Å². The molecular weight excluding hydrogens is 338 g/mol. The Morgan fingerprint density at radius 1 is 1.35 bits per heavy atom. The van der Waals surface area contributed by atoms with Gasteiger partial charge in [0.15, 0.2) is 0 Å². The number of hydrogen-bond donors (Lipinski definition) is 4. The number of amides is 1. The molecule has 0 aliphatic carbocycles. The number of carboxylic acids is 1. The fourth-order valence-corrected chi connectivity index (χ4v) is 4.49. The van der Waals surface area contributed by atoms with Crippen molar-refractivity contribution in [2.75, 3.05) is 11.5 Å². The van der Waals surface area contributed by atoms with E-state index in [2.05, 4.69) is 16.2 Å². The highest BCUT2D eigenvalue weighted by atomic mass is 35.5. The lowest BCUT2D eigenvalue weighted by molar-refractivity contribution is -0.146. The summed E-state index contributed by atoms with van der Waals surface area (Å²) in [4.78, 5) is 24.0. The van der Waals surface area contributed by atoms with Crippen LogP contribution in [-0.2, 0) is 9.59 Å². The van der Waals surface area contributed by atoms with Crippen LogP contribution in [0.5, 0.6) is 0 Å². The highest BCUT2D eigenvalue weighted by molar-refractivity contribution is 7.99. The summed E-state index contributed by atoms with van der Waals surface area (Å²) in [6.45, 7) is 0. The molecule has 2 aliphatic heterocycles. The maximum atomic E-state index is 12.5. The molecule has 6 nitrogen and oxygen atoms in total. The zero-order valence-corrected chi connectivity index (χ0v) is 13.9. The van der Waals surface area contributed by atoms with Crippen molar-refractivity contribution in [2.45, 2.75) is 30.5 Å². The quantitative estimate of drug-likeness (QED) is 0.651. The predicted octanol–water partition coefficient (Wildman–Crippen LogP) is 1.32. The highest BCUT2D eigenvalue weighted by Gasteiger charge is 2.45. The summed E-state index contributed by atoms with van der Waals surface area (Å²) < 4.78 is 0. The summed E-state index contributed by atoms with van der Waals surface area (Å²) in [5, 5.41) is 12.8. The van der Waals surface area contributed by atoms with Gasteiger partial charge in [-0.15, -0.1) is 0 Å². The van der Waals surface area contributed by atoms with E-state index in [1.165, 1.54) is 0 Å². The molecule has 0 saturated carbocycles. The second kappa shape index (κ2) is 6.68. The van der Waals surface area contributed by atoms with Gasteiger partial charge in [-0.25, -0.2) is 15.6 Å². The van der Waals surface area contributed by atoms with Crippen LogP contribution in [-0.4, -0.2) is 40.1 Å². The first-order valence-electron chi connectivity index (χ1n) is 7.40. The summed E-state index contributed by atoms with van der Waals surface area (Å²) in [5.74, 6) is -0.116. The van der Waals surface area contributed by atoms with Crippen molar-refractivity contribution in [3.63, 3.8) is 0 Å². The van der Waals surface area contributed by atoms with Crippen LogP contribution in [0.25, 0.3) is 0 Å². The summed E-state index contributed by atoms with van der Waals surface area (Å²) >= 11 is 7.73. The molecule has 0 aromatic heterocycles. The highest BCUT2D eigenvalue weighted by Crippen LogP contribution is 2.30. The third-order valence-corrected chi connectivity index (χ3v) is 5.83. The molecule has 1 aromatic carbocycles. The van der Waals surface area contributed by atoms with E-state index in [1.54, 1.807) is 17.8 Å². The van der Waals surface area contributed by atoms with Gasteiger partial charge in [-0.3, -0.25) is 4.79 Å². The van der Waals surface area contributed by atoms with Crippen LogP contribution < -0.4 is 16.2 Å². The molecule has 3 atom stereocenters. The van der Waals surface area contributed by atoms with Crippen molar-refractivity contribution in [3.8, 4) is 0 Å². The van der Waals surface area contributed by atoms with Crippen LogP contribution in [0.2, 0.25) is 5.02 Å². The van der Waals surface area contributed by atoms with E-state index in [4.69, 9.17) is 11.6 Å². The normalized spacial score (nSPS) is 30.3. The third-order valence-electron chi connectivity index (χ3n) is 4.29. The van der Waals surface area contributed by atoms with Gasteiger partial charge in [0.1, 0.15) is 11.6 Å². The maximum Gasteiger partial charge on any atom is 0.330 e. The first kappa shape index (κ1) is 16.6. The number of rotatable bonds is 4. The van der Waals surface area contributed by atoms with Crippen molar-refractivity contribution >= 4 is 35.2 Å². The number of thioether (sulfide) groups is 1. The van der Waals surface area contributed by atoms with Gasteiger partial charge >= 0.3 is 5.97 Å². The van der Waals surface area contributed by atoms with Gasteiger partial charge in [-0.1, -0.05) is 29.8 Å². The second-order valence-corrected chi connectivity index (χ2v) is 7.34. The molecular formula is C15H18ClN3O3S. The van der Waals surface area contributed by atoms with Crippen molar-refractivity contribution in [2.24, 2.45) is 0 Å². The summed E-state index contributed by atoms with van der Waals surface area (Å²) in [6.07, 6.45) is 0.964. The molecule has 2 heterocycles. The van der Waals surface area contributed by atoms with Crippen molar-refractivity contribution in [3.05, 3.63) is 34.9 Å². The lowest BCUT2D eigenvalue weighted by Gasteiger charge is -2.26. The Kier molecular flexibility index (Phi) is 4.82. The van der Waals surface area contributed by atoms with Crippen LogP contribution in [0.4, 0.5) is 0 Å². The number of carbonyl (C=O) groups is 2. The molecule has 0 radical (unpaired) electrons. The number of nitrogens with one attached hydrogen (secondary N) is 3. The number of aliphatic carboxylic acids is 1. The standard InChI is InChI=1S/C15H18ClN3O3S/c16-10-4-2-1-3-9(10)11-7-12(19-18-11)13(20)17-15(14(21)22)5-6-23-8-15/h1-4,11-12,18-19H,5-8H2,(H,17,20)(H,21,22). The Hall–Kier alpha value is -1.28. The average molecular weight is 356 g/mol. The van der Waals surface area contributed by atoms with Gasteiger partial charge < -0.3 is 10.4 Å². The first-order valence-corrected chi connectivity index (χ1v) is 8.94. The largest absolute Gasteiger partial charge is 0.479 e. The van der Waals surface area contributed by atoms with Gasteiger partial charge in [0.25, 0.3) is 0 Å². The topological polar surface area (TPSA) is 90.5 Å². The fraction of sp³-hybridized carbons (Fsp3) is 0.467. The van der Waals surface area contributed by atoms with Crippen molar-refractivity contribution in [1.82, 2.24) is 16.2 Å². The monoisotopic (exact) mass is 355 g/mol. The van der Waals surface area contributed by atoms with Crippen LogP contribution >= 0.6 is 23.4 Å². The van der Waals surface area contributed by atoms with Gasteiger partial charge in [0.2, 0.25) is 5.91 Å². The molecule has 1 amide bonds. The van der Waals surface area contributed by atoms with Gasteiger partial charge in [-0.2, -0.15) is 11.8 Å². The molecule has 124 valence electrons. The number of halogens is 1. The molecule has 4 N–H and O–H groups in total. The maximum absolute atomic E-state index is 12.5. The Morgan fingerprint density at radius 3 is 2.78 bits per heavy atom. The predicted molar refractivity (Wildman–Crippen MR) is 89.3 cm³/mol. The Bertz CT molecular complexity index is 622. The molecule has 3 unspecified atom stereocenters.